The van der Waals surface area contributed by atoms with Gasteiger partial charge in [0.15, 0.2) is 5.82 Å². The van der Waals surface area contributed by atoms with Gasteiger partial charge in [-0.3, -0.25) is 0 Å². The first-order valence-corrected chi connectivity index (χ1v) is 5.46. The SMILES string of the molecule is CCN(CC(C)(C)O)c1nc(Cl)ncc1N. The summed E-state index contributed by atoms with van der Waals surface area (Å²) in [6, 6.07) is 0. The third-order valence-corrected chi connectivity index (χ3v) is 2.21. The number of hydrogen-bond donors (Lipinski definition) is 2. The molecule has 1 aromatic rings. The van der Waals surface area contributed by atoms with Crippen molar-refractivity contribution in [2.75, 3.05) is 23.7 Å². The molecule has 0 spiro atoms. The summed E-state index contributed by atoms with van der Waals surface area (Å²) >= 11 is 5.72. The Balaban J connectivity index is 2.99. The monoisotopic (exact) mass is 244 g/mol. The van der Waals surface area contributed by atoms with Crippen LogP contribution in [0, 0.1) is 0 Å². The fraction of sp³-hybridized carbons (Fsp3) is 0.600. The topological polar surface area (TPSA) is 75.3 Å². The maximum atomic E-state index is 9.78. The summed E-state index contributed by atoms with van der Waals surface area (Å²) in [4.78, 5) is 9.73. The average molecular weight is 245 g/mol. The Hall–Kier alpha value is -1.07. The third kappa shape index (κ3) is 3.50. The van der Waals surface area contributed by atoms with Gasteiger partial charge in [0, 0.05) is 13.1 Å². The molecule has 0 bridgehead atoms. The number of likely N-dealkylation sites (N-methyl/N-ethyl adjacent to an activating group) is 1. The van der Waals surface area contributed by atoms with Crippen LogP contribution in [0.25, 0.3) is 0 Å². The van der Waals surface area contributed by atoms with Crippen LogP contribution in [0.5, 0.6) is 0 Å². The average Bonchev–Trinajstić information content (AvgIpc) is 2.17. The Morgan fingerprint density at radius 1 is 1.56 bits per heavy atom. The summed E-state index contributed by atoms with van der Waals surface area (Å²) in [6.07, 6.45) is 1.47. The van der Waals surface area contributed by atoms with E-state index in [1.165, 1.54) is 6.20 Å². The van der Waals surface area contributed by atoms with E-state index >= 15 is 0 Å². The van der Waals surface area contributed by atoms with E-state index in [9.17, 15) is 5.11 Å². The lowest BCUT2D eigenvalue weighted by atomic mass is 10.1. The van der Waals surface area contributed by atoms with E-state index in [2.05, 4.69) is 9.97 Å². The van der Waals surface area contributed by atoms with Gasteiger partial charge in [-0.15, -0.1) is 0 Å². The molecule has 1 rings (SSSR count). The summed E-state index contributed by atoms with van der Waals surface area (Å²) < 4.78 is 0. The van der Waals surface area contributed by atoms with Gasteiger partial charge >= 0.3 is 0 Å². The van der Waals surface area contributed by atoms with Crippen LogP contribution in [0.15, 0.2) is 6.20 Å². The van der Waals surface area contributed by atoms with E-state index in [1.807, 2.05) is 11.8 Å². The molecule has 1 heterocycles. The summed E-state index contributed by atoms with van der Waals surface area (Å²) in [5, 5.41) is 9.93. The van der Waals surface area contributed by atoms with Gasteiger partial charge in [-0.1, -0.05) is 0 Å². The normalized spacial score (nSPS) is 11.6. The molecule has 5 nitrogen and oxygen atoms in total. The highest BCUT2D eigenvalue weighted by molar-refractivity contribution is 6.28. The highest BCUT2D eigenvalue weighted by Gasteiger charge is 2.20. The highest BCUT2D eigenvalue weighted by Crippen LogP contribution is 2.22. The van der Waals surface area contributed by atoms with Crippen molar-refractivity contribution in [2.24, 2.45) is 0 Å². The van der Waals surface area contributed by atoms with Crippen LogP contribution in [-0.2, 0) is 0 Å². The van der Waals surface area contributed by atoms with Crippen molar-refractivity contribution in [3.05, 3.63) is 11.5 Å². The Bertz CT molecular complexity index is 364. The molecular weight excluding hydrogens is 228 g/mol. The van der Waals surface area contributed by atoms with Crippen molar-refractivity contribution >= 4 is 23.1 Å². The maximum Gasteiger partial charge on any atom is 0.224 e. The zero-order chi connectivity index (χ0) is 12.3. The minimum Gasteiger partial charge on any atom is -0.394 e. The van der Waals surface area contributed by atoms with Gasteiger partial charge in [-0.25, -0.2) is 4.98 Å². The quantitative estimate of drug-likeness (QED) is 0.781. The number of anilines is 2. The Morgan fingerprint density at radius 2 is 2.19 bits per heavy atom. The lowest BCUT2D eigenvalue weighted by molar-refractivity contribution is 0.0874. The Morgan fingerprint density at radius 3 is 2.69 bits per heavy atom. The summed E-state index contributed by atoms with van der Waals surface area (Å²) in [5.41, 5.74) is 5.41. The second-order valence-corrected chi connectivity index (χ2v) is 4.58. The second kappa shape index (κ2) is 4.84. The number of nitrogens with zero attached hydrogens (tertiary/aromatic N) is 3. The van der Waals surface area contributed by atoms with E-state index in [1.54, 1.807) is 13.8 Å². The Kier molecular flexibility index (Phi) is 3.93. The molecule has 1 aromatic heterocycles. The van der Waals surface area contributed by atoms with Crippen molar-refractivity contribution in [2.45, 2.75) is 26.4 Å². The molecule has 0 atom stereocenters. The van der Waals surface area contributed by atoms with Gasteiger partial charge in [-0.2, -0.15) is 4.98 Å². The van der Waals surface area contributed by atoms with Gasteiger partial charge in [0.25, 0.3) is 0 Å². The van der Waals surface area contributed by atoms with Crippen LogP contribution >= 0.6 is 11.6 Å². The molecule has 0 aromatic carbocycles. The zero-order valence-electron chi connectivity index (χ0n) is 9.74. The molecule has 16 heavy (non-hydrogen) atoms. The van der Waals surface area contributed by atoms with E-state index < -0.39 is 5.60 Å². The first-order chi connectivity index (χ1) is 7.33. The molecule has 0 radical (unpaired) electrons. The molecule has 0 saturated heterocycles. The molecule has 0 amide bonds. The molecule has 0 saturated carbocycles. The van der Waals surface area contributed by atoms with Crippen molar-refractivity contribution in [3.8, 4) is 0 Å². The fourth-order valence-electron chi connectivity index (χ4n) is 1.42. The molecule has 0 fully saturated rings. The molecule has 0 unspecified atom stereocenters. The zero-order valence-corrected chi connectivity index (χ0v) is 10.5. The van der Waals surface area contributed by atoms with Crippen LogP contribution in [0.1, 0.15) is 20.8 Å². The second-order valence-electron chi connectivity index (χ2n) is 4.24. The van der Waals surface area contributed by atoms with Crippen molar-refractivity contribution in [3.63, 3.8) is 0 Å². The van der Waals surface area contributed by atoms with Gasteiger partial charge in [-0.05, 0) is 32.4 Å². The fourth-order valence-corrected chi connectivity index (χ4v) is 1.55. The van der Waals surface area contributed by atoms with Crippen LogP contribution in [-0.4, -0.2) is 33.8 Å². The first kappa shape index (κ1) is 13.0. The van der Waals surface area contributed by atoms with Gasteiger partial charge < -0.3 is 15.7 Å². The minimum atomic E-state index is -0.820. The standard InChI is InChI=1S/C10H17ClN4O/c1-4-15(6-10(2,3)16)8-7(12)5-13-9(11)14-8/h5,16H,4,6,12H2,1-3H3. The number of aliphatic hydroxyl groups is 1. The summed E-state index contributed by atoms with van der Waals surface area (Å²) in [5.74, 6) is 0.560. The number of halogens is 1. The summed E-state index contributed by atoms with van der Waals surface area (Å²) in [6.45, 7) is 6.53. The van der Waals surface area contributed by atoms with Crippen LogP contribution in [0.2, 0.25) is 5.28 Å². The van der Waals surface area contributed by atoms with E-state index in [0.29, 0.717) is 24.6 Å². The van der Waals surface area contributed by atoms with Crippen LogP contribution in [0.4, 0.5) is 11.5 Å². The number of nitrogen functional groups attached to an aromatic ring is 1. The molecular formula is C10H17ClN4O. The van der Waals surface area contributed by atoms with Crippen LogP contribution in [0.3, 0.4) is 0 Å². The van der Waals surface area contributed by atoms with Crippen molar-refractivity contribution < 1.29 is 5.11 Å². The van der Waals surface area contributed by atoms with Crippen molar-refractivity contribution in [1.82, 2.24) is 9.97 Å². The van der Waals surface area contributed by atoms with E-state index in [4.69, 9.17) is 17.3 Å². The lowest BCUT2D eigenvalue weighted by Crippen LogP contribution is -2.39. The number of rotatable bonds is 4. The number of hydrogen-bond acceptors (Lipinski definition) is 5. The van der Waals surface area contributed by atoms with Gasteiger partial charge in [0.05, 0.1) is 17.5 Å². The largest absolute Gasteiger partial charge is 0.394 e. The molecule has 0 aliphatic heterocycles. The third-order valence-electron chi connectivity index (χ3n) is 2.03. The van der Waals surface area contributed by atoms with Gasteiger partial charge in [0.2, 0.25) is 5.28 Å². The van der Waals surface area contributed by atoms with Crippen molar-refractivity contribution in [1.29, 1.82) is 0 Å². The molecule has 0 aliphatic carbocycles. The summed E-state index contributed by atoms with van der Waals surface area (Å²) in [7, 11) is 0. The maximum absolute atomic E-state index is 9.78. The molecule has 90 valence electrons. The van der Waals surface area contributed by atoms with Crippen LogP contribution < -0.4 is 10.6 Å². The predicted octanol–water partition coefficient (Wildman–Crippen LogP) is 1.31. The lowest BCUT2D eigenvalue weighted by Gasteiger charge is -2.29. The van der Waals surface area contributed by atoms with E-state index in [0.717, 1.165) is 0 Å². The number of aromatic nitrogens is 2. The first-order valence-electron chi connectivity index (χ1n) is 5.09. The van der Waals surface area contributed by atoms with E-state index in [-0.39, 0.29) is 5.28 Å². The molecule has 6 heteroatoms. The number of nitrogens with two attached hydrogens (primary N) is 1. The minimum absolute atomic E-state index is 0.151. The molecule has 3 N–H and O–H groups in total. The van der Waals surface area contributed by atoms with Gasteiger partial charge in [0.1, 0.15) is 0 Å². The predicted molar refractivity (Wildman–Crippen MR) is 65.6 cm³/mol. The Labute approximate surface area is 100 Å². The molecule has 0 aliphatic rings. The highest BCUT2D eigenvalue weighted by atomic mass is 35.5. The smallest absolute Gasteiger partial charge is 0.224 e.